The fourth-order valence-corrected chi connectivity index (χ4v) is 3.38. The van der Waals surface area contributed by atoms with Gasteiger partial charge < -0.3 is 10.6 Å². The highest BCUT2D eigenvalue weighted by Gasteiger charge is 2.38. The second-order valence-electron chi connectivity index (χ2n) is 6.15. The normalized spacial score (nSPS) is 29.0. The lowest BCUT2D eigenvalue weighted by Gasteiger charge is -2.39. The van der Waals surface area contributed by atoms with E-state index in [9.17, 15) is 9.65 Å². The van der Waals surface area contributed by atoms with E-state index in [1.807, 2.05) is 4.90 Å². The summed E-state index contributed by atoms with van der Waals surface area (Å²) in [7, 11) is 0. The molecule has 0 spiro atoms. The van der Waals surface area contributed by atoms with Gasteiger partial charge in [0.05, 0.1) is 24.7 Å². The molecule has 3 rings (SSSR count). The van der Waals surface area contributed by atoms with Crippen LogP contribution in [0.3, 0.4) is 0 Å². The highest BCUT2D eigenvalue weighted by Crippen LogP contribution is 2.28. The van der Waals surface area contributed by atoms with E-state index in [2.05, 4.69) is 21.8 Å². The Bertz CT molecular complexity index is 718. The molecule has 2 aliphatic rings. The van der Waals surface area contributed by atoms with Crippen LogP contribution >= 0.6 is 0 Å². The molecule has 0 aromatic carbocycles. The van der Waals surface area contributed by atoms with Crippen molar-refractivity contribution in [1.82, 2.24) is 14.9 Å². The lowest BCUT2D eigenvalue weighted by atomic mass is 9.92. The number of quaternary nitrogens is 1. The lowest BCUT2D eigenvalue weighted by Crippen LogP contribution is -2.70. The maximum Gasteiger partial charge on any atom is 0.131 e. The highest BCUT2D eigenvalue weighted by molar-refractivity contribution is 5.64. The van der Waals surface area contributed by atoms with Crippen LogP contribution in [0.5, 0.6) is 0 Å². The van der Waals surface area contributed by atoms with Crippen molar-refractivity contribution >= 4 is 11.3 Å². The first-order chi connectivity index (χ1) is 10.00. The van der Waals surface area contributed by atoms with Crippen LogP contribution in [0.25, 0.3) is 11.3 Å². The molecule has 1 aromatic rings. The van der Waals surface area contributed by atoms with Crippen molar-refractivity contribution < 1.29 is 10.1 Å². The third kappa shape index (κ3) is 2.61. The first-order valence-electron chi connectivity index (χ1n) is 7.20. The van der Waals surface area contributed by atoms with Crippen molar-refractivity contribution in [3.63, 3.8) is 0 Å². The van der Waals surface area contributed by atoms with Gasteiger partial charge in [0.2, 0.25) is 0 Å². The molecule has 1 fully saturated rings. The van der Waals surface area contributed by atoms with Gasteiger partial charge in [-0.15, -0.1) is 0 Å². The number of halogens is 1. The van der Waals surface area contributed by atoms with Crippen molar-refractivity contribution in [3.05, 3.63) is 23.1 Å². The van der Waals surface area contributed by atoms with Crippen LogP contribution in [0.15, 0.2) is 12.4 Å². The Kier molecular flexibility index (Phi) is 3.38. The molecule has 3 N–H and O–H groups in total. The zero-order valence-corrected chi connectivity index (χ0v) is 12.1. The minimum absolute atomic E-state index is 0.0581. The van der Waals surface area contributed by atoms with Crippen LogP contribution < -0.4 is 16.4 Å². The summed E-state index contributed by atoms with van der Waals surface area (Å²) in [6.07, 6.45) is 5.05. The van der Waals surface area contributed by atoms with Gasteiger partial charge in [0.1, 0.15) is 22.4 Å². The van der Waals surface area contributed by atoms with E-state index >= 15 is 0 Å². The summed E-state index contributed by atoms with van der Waals surface area (Å²) in [5.41, 5.74) is 4.45. The average molecular weight is 288 g/mol. The first kappa shape index (κ1) is 14.0. The Morgan fingerprint density at radius 2 is 2.10 bits per heavy atom. The highest BCUT2D eigenvalue weighted by atomic mass is 19.1. The van der Waals surface area contributed by atoms with Crippen molar-refractivity contribution in [2.75, 3.05) is 13.1 Å². The van der Waals surface area contributed by atoms with Crippen LogP contribution in [0.4, 0.5) is 4.39 Å². The number of hydrogen-bond donors (Lipinski definition) is 1. The van der Waals surface area contributed by atoms with E-state index in [-0.39, 0.29) is 6.04 Å². The maximum atomic E-state index is 14.5. The summed E-state index contributed by atoms with van der Waals surface area (Å²) in [6.45, 7) is 2.71. The monoisotopic (exact) mass is 288 g/mol. The standard InChI is InChI=1S/C15H18FN5/c1-15(16)6-11(18)8-21(9-15)12-3-2-10(7-17)13-14(12)20-5-4-19-13/h4-5,11H,2-3,6,8-9,18H2,1H3/p+1. The zero-order valence-electron chi connectivity index (χ0n) is 12.1. The Hall–Kier alpha value is -2.00. The predicted molar refractivity (Wildman–Crippen MR) is 75.3 cm³/mol. The summed E-state index contributed by atoms with van der Waals surface area (Å²) in [4.78, 5) is 10.7. The molecular formula is C15H19FN5+. The molecule has 0 amide bonds. The van der Waals surface area contributed by atoms with E-state index in [1.54, 1.807) is 19.3 Å². The molecule has 1 aliphatic heterocycles. The van der Waals surface area contributed by atoms with Crippen LogP contribution in [-0.2, 0) is 0 Å². The van der Waals surface area contributed by atoms with Gasteiger partial charge in [-0.1, -0.05) is 0 Å². The Balaban J connectivity index is 2.14. The smallest absolute Gasteiger partial charge is 0.131 e. The number of aromatic nitrogens is 2. The number of nitrogens with zero attached hydrogens (tertiary/aromatic N) is 4. The average Bonchev–Trinajstić information content (AvgIpc) is 2.44. The van der Waals surface area contributed by atoms with Gasteiger partial charge in [0.15, 0.2) is 0 Å². The van der Waals surface area contributed by atoms with Crippen LogP contribution in [0, 0.1) is 11.3 Å². The topological polar surface area (TPSA) is 80.5 Å². The van der Waals surface area contributed by atoms with Gasteiger partial charge in [0, 0.05) is 24.5 Å². The van der Waals surface area contributed by atoms with Crippen molar-refractivity contribution in [2.45, 2.75) is 37.9 Å². The van der Waals surface area contributed by atoms with Gasteiger partial charge >= 0.3 is 0 Å². The van der Waals surface area contributed by atoms with Gasteiger partial charge in [-0.05, 0) is 19.8 Å². The molecule has 21 heavy (non-hydrogen) atoms. The molecular weight excluding hydrogens is 269 g/mol. The molecule has 0 saturated carbocycles. The SMILES string of the molecule is CC1(F)CC([NH3+])CN(C2=c3nccnc3=C(C#N)CC2)C1. The summed E-state index contributed by atoms with van der Waals surface area (Å²) >= 11 is 0. The number of nitriles is 1. The summed E-state index contributed by atoms with van der Waals surface area (Å²) < 4.78 is 14.5. The van der Waals surface area contributed by atoms with Gasteiger partial charge in [0.25, 0.3) is 0 Å². The molecule has 6 heteroatoms. The van der Waals surface area contributed by atoms with Crippen molar-refractivity contribution in [1.29, 1.82) is 5.26 Å². The van der Waals surface area contributed by atoms with Gasteiger partial charge in [-0.25, -0.2) is 4.39 Å². The van der Waals surface area contributed by atoms with E-state index < -0.39 is 5.67 Å². The molecule has 2 unspecified atom stereocenters. The zero-order chi connectivity index (χ0) is 15.0. The molecule has 110 valence electrons. The Labute approximate surface area is 122 Å². The van der Waals surface area contributed by atoms with Gasteiger partial charge in [-0.2, -0.15) is 5.26 Å². The second kappa shape index (κ2) is 5.08. The number of fused-ring (bicyclic) bond motifs is 1. The van der Waals surface area contributed by atoms with E-state index in [0.717, 1.165) is 17.6 Å². The molecule has 1 aliphatic carbocycles. The fourth-order valence-electron chi connectivity index (χ4n) is 3.38. The fraction of sp³-hybridized carbons (Fsp3) is 0.533. The summed E-state index contributed by atoms with van der Waals surface area (Å²) in [5.74, 6) is 0. The lowest BCUT2D eigenvalue weighted by molar-refractivity contribution is -0.430. The molecule has 0 bridgehead atoms. The van der Waals surface area contributed by atoms with Crippen LogP contribution in [0.1, 0.15) is 26.2 Å². The van der Waals surface area contributed by atoms with E-state index in [0.29, 0.717) is 36.7 Å². The Morgan fingerprint density at radius 1 is 1.38 bits per heavy atom. The molecule has 1 saturated heterocycles. The van der Waals surface area contributed by atoms with E-state index in [1.165, 1.54) is 0 Å². The maximum absolute atomic E-state index is 14.5. The third-order valence-corrected chi connectivity index (χ3v) is 4.10. The summed E-state index contributed by atoms with van der Waals surface area (Å²) in [6, 6.07) is 2.26. The minimum Gasteiger partial charge on any atom is -0.364 e. The molecule has 0 radical (unpaired) electrons. The van der Waals surface area contributed by atoms with Crippen LogP contribution in [0.2, 0.25) is 0 Å². The first-order valence-corrected chi connectivity index (χ1v) is 7.20. The molecule has 1 aromatic heterocycles. The summed E-state index contributed by atoms with van der Waals surface area (Å²) in [5, 5.41) is 10.6. The Morgan fingerprint density at radius 3 is 2.76 bits per heavy atom. The second-order valence-corrected chi connectivity index (χ2v) is 6.15. The molecule has 2 heterocycles. The number of hydrogen-bond acceptors (Lipinski definition) is 4. The van der Waals surface area contributed by atoms with Crippen LogP contribution in [-0.4, -0.2) is 39.7 Å². The molecule has 5 nitrogen and oxygen atoms in total. The molecule has 2 atom stereocenters. The number of likely N-dealkylation sites (tertiary alicyclic amines) is 1. The number of piperidine rings is 1. The quantitative estimate of drug-likeness (QED) is 0.726. The number of alkyl halides is 1. The number of rotatable bonds is 1. The van der Waals surface area contributed by atoms with Crippen molar-refractivity contribution in [3.8, 4) is 6.07 Å². The minimum atomic E-state index is -1.24. The van der Waals surface area contributed by atoms with Gasteiger partial charge in [-0.3, -0.25) is 9.97 Å². The third-order valence-electron chi connectivity index (χ3n) is 4.10. The predicted octanol–water partition coefficient (Wildman–Crippen LogP) is -0.903. The van der Waals surface area contributed by atoms with Crippen molar-refractivity contribution in [2.24, 2.45) is 0 Å². The van der Waals surface area contributed by atoms with E-state index in [4.69, 9.17) is 0 Å². The largest absolute Gasteiger partial charge is 0.364 e.